The van der Waals surface area contributed by atoms with Crippen molar-refractivity contribution in [2.45, 2.75) is 6.42 Å². The average Bonchev–Trinajstić information content (AvgIpc) is 2.68. The average molecular weight is 362 g/mol. The van der Waals surface area contributed by atoms with E-state index in [-0.39, 0.29) is 18.9 Å². The van der Waals surface area contributed by atoms with E-state index in [9.17, 15) is 9.59 Å². The van der Waals surface area contributed by atoms with E-state index < -0.39 is 5.97 Å². The molecule has 0 atom stereocenters. The molecule has 1 amide bonds. The molecule has 1 heterocycles. The highest BCUT2D eigenvalue weighted by Gasteiger charge is 2.32. The number of carbonyl (C=O) groups is 2. The third kappa shape index (κ3) is 3.77. The van der Waals surface area contributed by atoms with Crippen LogP contribution in [0, 0.1) is 0 Å². The molecule has 0 radical (unpaired) electrons. The molecule has 110 valence electrons. The smallest absolute Gasteiger partial charge is 0.305 e. The van der Waals surface area contributed by atoms with Crippen molar-refractivity contribution in [3.05, 3.63) is 38.7 Å². The van der Waals surface area contributed by atoms with Gasteiger partial charge in [-0.25, -0.2) is 0 Å². The normalized spacial score (nSPS) is 16.9. The van der Waals surface area contributed by atoms with Gasteiger partial charge >= 0.3 is 5.97 Å². The van der Waals surface area contributed by atoms with E-state index in [0.717, 1.165) is 11.8 Å². The second-order valence-electron chi connectivity index (χ2n) is 4.12. The molecular formula is C13H9Cl2NO3S2. The van der Waals surface area contributed by atoms with Crippen molar-refractivity contribution in [3.63, 3.8) is 0 Å². The highest BCUT2D eigenvalue weighted by atomic mass is 35.5. The Morgan fingerprint density at radius 2 is 2.14 bits per heavy atom. The van der Waals surface area contributed by atoms with Crippen LogP contribution >= 0.6 is 47.2 Å². The number of amides is 1. The Morgan fingerprint density at radius 3 is 2.81 bits per heavy atom. The summed E-state index contributed by atoms with van der Waals surface area (Å²) in [7, 11) is 0. The van der Waals surface area contributed by atoms with E-state index >= 15 is 0 Å². The third-order valence-corrected chi connectivity index (χ3v) is 4.90. The lowest BCUT2D eigenvalue weighted by molar-refractivity contribution is -0.137. The minimum absolute atomic E-state index is 0.0562. The molecule has 1 aliphatic heterocycles. The van der Waals surface area contributed by atoms with Crippen LogP contribution in [0.1, 0.15) is 12.0 Å². The molecule has 1 fully saturated rings. The van der Waals surface area contributed by atoms with Crippen LogP contribution in [0.3, 0.4) is 0 Å². The fourth-order valence-corrected chi connectivity index (χ4v) is 3.34. The first-order chi connectivity index (χ1) is 9.90. The minimum Gasteiger partial charge on any atom is -0.481 e. The van der Waals surface area contributed by atoms with Crippen molar-refractivity contribution in [2.75, 3.05) is 6.54 Å². The van der Waals surface area contributed by atoms with Gasteiger partial charge in [-0.2, -0.15) is 0 Å². The van der Waals surface area contributed by atoms with Gasteiger partial charge in [0, 0.05) is 6.54 Å². The van der Waals surface area contributed by atoms with Crippen LogP contribution in [0.4, 0.5) is 0 Å². The van der Waals surface area contributed by atoms with Gasteiger partial charge in [0.2, 0.25) is 0 Å². The fraction of sp³-hybridized carbons (Fsp3) is 0.154. The van der Waals surface area contributed by atoms with Crippen LogP contribution < -0.4 is 0 Å². The van der Waals surface area contributed by atoms with Gasteiger partial charge in [0.1, 0.15) is 4.32 Å². The lowest BCUT2D eigenvalue weighted by Crippen LogP contribution is -2.30. The molecule has 8 heteroatoms. The van der Waals surface area contributed by atoms with Crippen LogP contribution in [0.2, 0.25) is 10.0 Å². The van der Waals surface area contributed by atoms with Gasteiger partial charge in [-0.05, 0) is 17.7 Å². The largest absolute Gasteiger partial charge is 0.481 e. The Hall–Kier alpha value is -1.08. The maximum absolute atomic E-state index is 12.2. The summed E-state index contributed by atoms with van der Waals surface area (Å²) in [5, 5.41) is 9.43. The van der Waals surface area contributed by atoms with Gasteiger partial charge in [-0.15, -0.1) is 0 Å². The van der Waals surface area contributed by atoms with Crippen LogP contribution in [-0.4, -0.2) is 32.7 Å². The molecule has 0 unspecified atom stereocenters. The summed E-state index contributed by atoms with van der Waals surface area (Å²) in [6, 6.07) is 5.11. The summed E-state index contributed by atoms with van der Waals surface area (Å²) in [6.45, 7) is 0.0562. The van der Waals surface area contributed by atoms with E-state index in [0.29, 0.717) is 24.8 Å². The van der Waals surface area contributed by atoms with E-state index in [1.165, 1.54) is 4.90 Å². The lowest BCUT2D eigenvalue weighted by atomic mass is 10.2. The Morgan fingerprint density at radius 1 is 1.43 bits per heavy atom. The molecule has 1 aromatic rings. The topological polar surface area (TPSA) is 57.6 Å². The van der Waals surface area contributed by atoms with E-state index in [4.69, 9.17) is 40.5 Å². The number of aliphatic carboxylic acids is 1. The highest BCUT2D eigenvalue weighted by molar-refractivity contribution is 8.26. The molecule has 0 saturated carbocycles. The number of carboxylic acid groups (broad SMARTS) is 1. The molecule has 0 spiro atoms. The number of hydrogen-bond acceptors (Lipinski definition) is 4. The quantitative estimate of drug-likeness (QED) is 0.654. The van der Waals surface area contributed by atoms with Gasteiger partial charge in [0.15, 0.2) is 0 Å². The number of rotatable bonds is 4. The molecule has 1 aliphatic rings. The van der Waals surface area contributed by atoms with Crippen LogP contribution in [0.15, 0.2) is 23.1 Å². The van der Waals surface area contributed by atoms with E-state index in [1.807, 2.05) is 0 Å². The van der Waals surface area contributed by atoms with Crippen LogP contribution in [0.25, 0.3) is 6.08 Å². The number of hydrogen-bond donors (Lipinski definition) is 1. The minimum atomic E-state index is -0.981. The van der Waals surface area contributed by atoms with Crippen LogP contribution in [-0.2, 0) is 9.59 Å². The van der Waals surface area contributed by atoms with Gasteiger partial charge < -0.3 is 5.11 Å². The van der Waals surface area contributed by atoms with Crippen molar-refractivity contribution >= 4 is 69.5 Å². The standard InChI is InChI=1S/C13H9Cl2NO3S2/c14-8-3-1-2-7(11(8)15)6-9-12(19)16(13(20)21-9)5-4-10(17)18/h1-3,6H,4-5H2,(H,17,18). The van der Waals surface area contributed by atoms with Crippen molar-refractivity contribution < 1.29 is 14.7 Å². The van der Waals surface area contributed by atoms with Gasteiger partial charge in [-0.1, -0.05) is 59.3 Å². The second kappa shape index (κ2) is 6.79. The van der Waals surface area contributed by atoms with Crippen molar-refractivity contribution in [1.29, 1.82) is 0 Å². The van der Waals surface area contributed by atoms with Crippen molar-refractivity contribution in [2.24, 2.45) is 0 Å². The van der Waals surface area contributed by atoms with Crippen LogP contribution in [0.5, 0.6) is 0 Å². The van der Waals surface area contributed by atoms with Gasteiger partial charge in [0.05, 0.1) is 21.4 Å². The third-order valence-electron chi connectivity index (χ3n) is 2.69. The number of carboxylic acids is 1. The van der Waals surface area contributed by atoms with E-state index in [2.05, 4.69) is 0 Å². The summed E-state index contributed by atoms with van der Waals surface area (Å²) in [5.41, 5.74) is 0.614. The number of carbonyl (C=O) groups excluding carboxylic acids is 1. The Kier molecular flexibility index (Phi) is 5.27. The Balaban J connectivity index is 2.24. The summed E-state index contributed by atoms with van der Waals surface area (Å²) in [6.07, 6.45) is 1.45. The summed E-state index contributed by atoms with van der Waals surface area (Å²) in [5.74, 6) is -1.30. The second-order valence-corrected chi connectivity index (χ2v) is 6.58. The molecule has 0 aromatic heterocycles. The Labute approximate surface area is 140 Å². The number of thioether (sulfide) groups is 1. The molecule has 0 bridgehead atoms. The zero-order valence-electron chi connectivity index (χ0n) is 10.5. The summed E-state index contributed by atoms with van der Waals surface area (Å²) >= 11 is 18.2. The molecular weight excluding hydrogens is 353 g/mol. The molecule has 21 heavy (non-hydrogen) atoms. The van der Waals surface area contributed by atoms with Gasteiger partial charge in [-0.3, -0.25) is 14.5 Å². The molecule has 1 N–H and O–H groups in total. The first-order valence-corrected chi connectivity index (χ1v) is 7.79. The summed E-state index contributed by atoms with van der Waals surface area (Å²) < 4.78 is 0.339. The number of halogens is 2. The molecule has 0 aliphatic carbocycles. The maximum atomic E-state index is 12.2. The first-order valence-electron chi connectivity index (χ1n) is 5.81. The molecule has 2 rings (SSSR count). The number of thiocarbonyl (C=S) groups is 1. The first kappa shape index (κ1) is 16.3. The molecule has 1 saturated heterocycles. The maximum Gasteiger partial charge on any atom is 0.305 e. The predicted molar refractivity (Wildman–Crippen MR) is 88.6 cm³/mol. The van der Waals surface area contributed by atoms with Crippen molar-refractivity contribution in [1.82, 2.24) is 4.90 Å². The number of nitrogens with zero attached hydrogens (tertiary/aromatic N) is 1. The fourth-order valence-electron chi connectivity index (χ4n) is 1.67. The summed E-state index contributed by atoms with van der Waals surface area (Å²) in [4.78, 5) is 24.5. The predicted octanol–water partition coefficient (Wildman–Crippen LogP) is 3.67. The van der Waals surface area contributed by atoms with E-state index in [1.54, 1.807) is 24.3 Å². The molecule has 4 nitrogen and oxygen atoms in total. The van der Waals surface area contributed by atoms with Crippen molar-refractivity contribution in [3.8, 4) is 0 Å². The zero-order valence-corrected chi connectivity index (χ0v) is 13.7. The monoisotopic (exact) mass is 361 g/mol. The lowest BCUT2D eigenvalue weighted by Gasteiger charge is -2.12. The highest BCUT2D eigenvalue weighted by Crippen LogP contribution is 2.35. The SMILES string of the molecule is O=C(O)CCN1C(=O)C(=Cc2cccc(Cl)c2Cl)SC1=S. The number of benzene rings is 1. The van der Waals surface area contributed by atoms with Gasteiger partial charge in [0.25, 0.3) is 5.91 Å². The Bertz CT molecular complexity index is 661. The molecule has 1 aromatic carbocycles. The zero-order chi connectivity index (χ0) is 15.6.